The van der Waals surface area contributed by atoms with Crippen molar-refractivity contribution in [3.8, 4) is 5.75 Å². The van der Waals surface area contributed by atoms with Gasteiger partial charge in [-0.05, 0) is 19.1 Å². The Labute approximate surface area is 88.7 Å². The molecular formula is C10H14ClNO2. The first-order valence-electron chi connectivity index (χ1n) is 4.39. The van der Waals surface area contributed by atoms with E-state index in [4.69, 9.17) is 21.4 Å². The summed E-state index contributed by atoms with van der Waals surface area (Å²) in [5.41, 5.74) is 0.882. The maximum atomic E-state index is 9.07. The smallest absolute Gasteiger partial charge is 0.139 e. The van der Waals surface area contributed by atoms with E-state index in [9.17, 15) is 0 Å². The van der Waals surface area contributed by atoms with Crippen molar-refractivity contribution >= 4 is 17.3 Å². The summed E-state index contributed by atoms with van der Waals surface area (Å²) < 4.78 is 5.06. The summed E-state index contributed by atoms with van der Waals surface area (Å²) in [7, 11) is 1.57. The van der Waals surface area contributed by atoms with Crippen LogP contribution in [0.5, 0.6) is 5.75 Å². The number of hydrogen-bond acceptors (Lipinski definition) is 3. The average molecular weight is 216 g/mol. The van der Waals surface area contributed by atoms with E-state index in [1.807, 2.05) is 6.07 Å². The first-order valence-corrected chi connectivity index (χ1v) is 4.76. The molecule has 0 amide bonds. The maximum absolute atomic E-state index is 9.07. The molecule has 0 aliphatic rings. The zero-order valence-electron chi connectivity index (χ0n) is 8.25. The largest absolute Gasteiger partial charge is 0.495 e. The minimum Gasteiger partial charge on any atom is -0.495 e. The number of methoxy groups -OCH3 is 1. The monoisotopic (exact) mass is 215 g/mol. The van der Waals surface area contributed by atoms with Gasteiger partial charge >= 0.3 is 0 Å². The fourth-order valence-electron chi connectivity index (χ4n) is 1.04. The lowest BCUT2D eigenvalue weighted by molar-refractivity contribution is 0.208. The van der Waals surface area contributed by atoms with Gasteiger partial charge in [-0.25, -0.2) is 0 Å². The van der Waals surface area contributed by atoms with Crippen LogP contribution in [0.1, 0.15) is 6.92 Å². The van der Waals surface area contributed by atoms with Crippen LogP contribution in [0.4, 0.5) is 5.69 Å². The van der Waals surface area contributed by atoms with Gasteiger partial charge in [0.2, 0.25) is 0 Å². The molecule has 1 unspecified atom stereocenters. The Balaban J connectivity index is 2.69. The molecular weight excluding hydrogens is 202 g/mol. The van der Waals surface area contributed by atoms with Crippen molar-refractivity contribution in [1.29, 1.82) is 0 Å². The molecule has 0 heterocycles. The molecule has 1 atom stereocenters. The second-order valence-corrected chi connectivity index (χ2v) is 3.49. The number of aliphatic hydroxyl groups is 1. The number of benzene rings is 1. The van der Waals surface area contributed by atoms with Crippen molar-refractivity contribution in [3.05, 3.63) is 23.2 Å². The molecule has 0 bridgehead atoms. The van der Waals surface area contributed by atoms with Gasteiger partial charge in [-0.1, -0.05) is 11.6 Å². The van der Waals surface area contributed by atoms with Crippen LogP contribution in [0.25, 0.3) is 0 Å². The van der Waals surface area contributed by atoms with E-state index < -0.39 is 0 Å². The van der Waals surface area contributed by atoms with Crippen molar-refractivity contribution in [2.75, 3.05) is 19.0 Å². The van der Waals surface area contributed by atoms with Gasteiger partial charge in [0.1, 0.15) is 5.75 Å². The molecule has 0 saturated heterocycles. The fraction of sp³-hybridized carbons (Fsp3) is 0.400. The summed E-state index contributed by atoms with van der Waals surface area (Å²) in [4.78, 5) is 0. The van der Waals surface area contributed by atoms with Gasteiger partial charge in [0.15, 0.2) is 0 Å². The number of hydrogen-bond donors (Lipinski definition) is 2. The summed E-state index contributed by atoms with van der Waals surface area (Å²) in [6, 6.07) is 5.39. The van der Waals surface area contributed by atoms with Crippen LogP contribution in [0.2, 0.25) is 5.02 Å². The highest BCUT2D eigenvalue weighted by Gasteiger charge is 2.02. The minimum atomic E-state index is -0.378. The molecule has 0 spiro atoms. The lowest BCUT2D eigenvalue weighted by atomic mass is 10.3. The predicted molar refractivity (Wildman–Crippen MR) is 58.2 cm³/mol. The highest BCUT2D eigenvalue weighted by Crippen LogP contribution is 2.27. The average Bonchev–Trinajstić information content (AvgIpc) is 2.16. The van der Waals surface area contributed by atoms with Gasteiger partial charge in [0.05, 0.1) is 18.2 Å². The molecule has 78 valence electrons. The Kier molecular flexibility index (Phi) is 4.04. The molecule has 4 heteroatoms. The number of aliphatic hydroxyl groups excluding tert-OH is 1. The van der Waals surface area contributed by atoms with Gasteiger partial charge in [-0.3, -0.25) is 0 Å². The van der Waals surface area contributed by atoms with Gasteiger partial charge in [0.25, 0.3) is 0 Å². The van der Waals surface area contributed by atoms with Crippen LogP contribution < -0.4 is 10.1 Å². The van der Waals surface area contributed by atoms with Gasteiger partial charge in [-0.2, -0.15) is 0 Å². The van der Waals surface area contributed by atoms with Crippen LogP contribution in [0.3, 0.4) is 0 Å². The maximum Gasteiger partial charge on any atom is 0.139 e. The lowest BCUT2D eigenvalue weighted by Gasteiger charge is -2.10. The number of anilines is 1. The summed E-state index contributed by atoms with van der Waals surface area (Å²) in [5.74, 6) is 0.627. The zero-order valence-corrected chi connectivity index (χ0v) is 9.01. The third-order valence-corrected chi connectivity index (χ3v) is 2.06. The van der Waals surface area contributed by atoms with Gasteiger partial charge in [-0.15, -0.1) is 0 Å². The van der Waals surface area contributed by atoms with E-state index in [-0.39, 0.29) is 6.10 Å². The Morgan fingerprint density at radius 1 is 1.57 bits per heavy atom. The third-order valence-electron chi connectivity index (χ3n) is 1.75. The lowest BCUT2D eigenvalue weighted by Crippen LogP contribution is -2.15. The number of ether oxygens (including phenoxy) is 1. The second kappa shape index (κ2) is 5.08. The van der Waals surface area contributed by atoms with Crippen molar-refractivity contribution < 1.29 is 9.84 Å². The first kappa shape index (κ1) is 11.1. The van der Waals surface area contributed by atoms with Gasteiger partial charge in [0, 0.05) is 18.3 Å². The standard InChI is InChI=1S/C10H14ClNO2/c1-7(13)6-12-8-3-4-9(11)10(5-8)14-2/h3-5,7,12-13H,6H2,1-2H3. The van der Waals surface area contributed by atoms with Crippen molar-refractivity contribution in [2.24, 2.45) is 0 Å². The molecule has 0 aromatic heterocycles. The molecule has 0 aliphatic heterocycles. The quantitative estimate of drug-likeness (QED) is 0.809. The molecule has 14 heavy (non-hydrogen) atoms. The van der Waals surface area contributed by atoms with Crippen LogP contribution in [0, 0.1) is 0 Å². The minimum absolute atomic E-state index is 0.378. The van der Waals surface area contributed by atoms with E-state index in [2.05, 4.69) is 5.32 Å². The Bertz CT molecular complexity index is 302. The van der Waals surface area contributed by atoms with E-state index in [0.717, 1.165) is 5.69 Å². The molecule has 1 aromatic rings. The molecule has 1 rings (SSSR count). The molecule has 0 aliphatic carbocycles. The van der Waals surface area contributed by atoms with Crippen LogP contribution >= 0.6 is 11.6 Å². The summed E-state index contributed by atoms with van der Waals surface area (Å²) in [6.07, 6.45) is -0.378. The number of nitrogens with one attached hydrogen (secondary N) is 1. The molecule has 3 nitrogen and oxygen atoms in total. The van der Waals surface area contributed by atoms with E-state index in [1.165, 1.54) is 0 Å². The van der Waals surface area contributed by atoms with E-state index >= 15 is 0 Å². The SMILES string of the molecule is COc1cc(NCC(C)O)ccc1Cl. The van der Waals surface area contributed by atoms with Crippen molar-refractivity contribution in [1.82, 2.24) is 0 Å². The summed E-state index contributed by atoms with van der Waals surface area (Å²) >= 11 is 5.86. The molecule has 0 fully saturated rings. The molecule has 0 radical (unpaired) electrons. The highest BCUT2D eigenvalue weighted by molar-refractivity contribution is 6.32. The highest BCUT2D eigenvalue weighted by atomic mass is 35.5. The van der Waals surface area contributed by atoms with Crippen molar-refractivity contribution in [2.45, 2.75) is 13.0 Å². The third kappa shape index (κ3) is 3.09. The molecule has 1 aromatic carbocycles. The fourth-order valence-corrected chi connectivity index (χ4v) is 1.23. The summed E-state index contributed by atoms with van der Waals surface area (Å²) in [6.45, 7) is 2.23. The second-order valence-electron chi connectivity index (χ2n) is 3.08. The van der Waals surface area contributed by atoms with Crippen LogP contribution in [-0.4, -0.2) is 24.9 Å². The topological polar surface area (TPSA) is 41.5 Å². The van der Waals surface area contributed by atoms with Gasteiger partial charge < -0.3 is 15.2 Å². The zero-order chi connectivity index (χ0) is 10.6. The van der Waals surface area contributed by atoms with Crippen LogP contribution in [0.15, 0.2) is 18.2 Å². The predicted octanol–water partition coefficient (Wildman–Crippen LogP) is 2.14. The van der Waals surface area contributed by atoms with Crippen LogP contribution in [-0.2, 0) is 0 Å². The Morgan fingerprint density at radius 2 is 2.29 bits per heavy atom. The van der Waals surface area contributed by atoms with E-state index in [1.54, 1.807) is 26.2 Å². The molecule has 0 saturated carbocycles. The van der Waals surface area contributed by atoms with Crippen molar-refractivity contribution in [3.63, 3.8) is 0 Å². The number of rotatable bonds is 4. The Hall–Kier alpha value is -0.930. The molecule has 2 N–H and O–H groups in total. The summed E-state index contributed by atoms with van der Waals surface area (Å²) in [5, 5.41) is 12.7. The Morgan fingerprint density at radius 3 is 2.86 bits per heavy atom. The van der Waals surface area contributed by atoms with E-state index in [0.29, 0.717) is 17.3 Å². The number of halogens is 1. The normalized spacial score (nSPS) is 12.3. The first-order chi connectivity index (χ1) is 6.63.